The lowest BCUT2D eigenvalue weighted by Gasteiger charge is -2.06. The first kappa shape index (κ1) is 12.9. The molecule has 1 heterocycles. The van der Waals surface area contributed by atoms with Gasteiger partial charge < -0.3 is 4.98 Å². The molecule has 0 saturated heterocycles. The van der Waals surface area contributed by atoms with Crippen molar-refractivity contribution in [1.82, 2.24) is 9.97 Å². The average molecular weight is 330 g/mol. The minimum absolute atomic E-state index is 0.178. The minimum Gasteiger partial charge on any atom is -0.324 e. The Kier molecular flexibility index (Phi) is 3.28. The summed E-state index contributed by atoms with van der Waals surface area (Å²) in [4.78, 5) is 19.7. The smallest absolute Gasteiger partial charge is 0.258 e. The molecule has 4 nitrogen and oxygen atoms in total. The second kappa shape index (κ2) is 5.09. The number of hydrogen-bond donors (Lipinski definition) is 2. The highest BCUT2D eigenvalue weighted by Gasteiger charge is 2.12. The molecule has 2 aromatic carbocycles. The normalized spacial score (nSPS) is 10.7. The lowest BCUT2D eigenvalue weighted by molar-refractivity contribution is 0.102. The number of hydrogen-bond acceptors (Lipinski definition) is 2. The molecule has 0 aliphatic carbocycles. The predicted octanol–water partition coefficient (Wildman–Crippen LogP) is 3.89. The number of imidazole rings is 1. The first-order valence-corrected chi connectivity index (χ1v) is 6.95. The molecular formula is C15H12BrN3O. The molecule has 0 saturated carbocycles. The van der Waals surface area contributed by atoms with E-state index in [1.54, 1.807) is 6.07 Å². The molecule has 0 radical (unpaired) electrons. The van der Waals surface area contributed by atoms with Crippen LogP contribution in [-0.2, 0) is 0 Å². The van der Waals surface area contributed by atoms with E-state index in [1.165, 1.54) is 0 Å². The molecule has 3 aromatic rings. The van der Waals surface area contributed by atoms with Crippen LogP contribution in [0.1, 0.15) is 15.9 Å². The number of nitrogens with zero attached hydrogens (tertiary/aromatic N) is 1. The Bertz CT molecular complexity index is 762. The standard InChI is InChI=1S/C15H12BrN3O/c1-9-10(5-4-6-11(9)16)14(20)19-15-17-12-7-2-3-8-13(12)18-15/h2-8H,1H3,(H2,17,18,19,20). The number of para-hydroxylation sites is 2. The van der Waals surface area contributed by atoms with Crippen molar-refractivity contribution in [3.63, 3.8) is 0 Å². The third kappa shape index (κ3) is 2.32. The first-order chi connectivity index (χ1) is 9.65. The van der Waals surface area contributed by atoms with E-state index in [0.717, 1.165) is 21.1 Å². The van der Waals surface area contributed by atoms with Gasteiger partial charge in [0.25, 0.3) is 5.91 Å². The van der Waals surface area contributed by atoms with E-state index in [2.05, 4.69) is 31.2 Å². The van der Waals surface area contributed by atoms with Crippen LogP contribution in [0.15, 0.2) is 46.9 Å². The van der Waals surface area contributed by atoms with Gasteiger partial charge in [0, 0.05) is 10.0 Å². The van der Waals surface area contributed by atoms with Gasteiger partial charge in [-0.1, -0.05) is 34.1 Å². The van der Waals surface area contributed by atoms with Crippen LogP contribution < -0.4 is 5.32 Å². The summed E-state index contributed by atoms with van der Waals surface area (Å²) in [6.45, 7) is 1.90. The topological polar surface area (TPSA) is 57.8 Å². The summed E-state index contributed by atoms with van der Waals surface area (Å²) in [5.41, 5.74) is 3.25. The largest absolute Gasteiger partial charge is 0.324 e. The summed E-state index contributed by atoms with van der Waals surface area (Å²) in [7, 11) is 0. The van der Waals surface area contributed by atoms with Crippen molar-refractivity contribution in [2.24, 2.45) is 0 Å². The monoisotopic (exact) mass is 329 g/mol. The zero-order valence-electron chi connectivity index (χ0n) is 10.8. The summed E-state index contributed by atoms with van der Waals surface area (Å²) in [5, 5.41) is 2.79. The number of aromatic nitrogens is 2. The quantitative estimate of drug-likeness (QED) is 0.749. The van der Waals surface area contributed by atoms with E-state index in [9.17, 15) is 4.79 Å². The second-order valence-electron chi connectivity index (χ2n) is 4.47. The van der Waals surface area contributed by atoms with Crippen LogP contribution >= 0.6 is 15.9 Å². The van der Waals surface area contributed by atoms with Crippen molar-refractivity contribution >= 4 is 38.8 Å². The Morgan fingerprint density at radius 1 is 1.20 bits per heavy atom. The fourth-order valence-electron chi connectivity index (χ4n) is 2.04. The molecule has 1 amide bonds. The van der Waals surface area contributed by atoms with Gasteiger partial charge in [-0.2, -0.15) is 0 Å². The van der Waals surface area contributed by atoms with Crippen LogP contribution in [0.5, 0.6) is 0 Å². The maximum Gasteiger partial charge on any atom is 0.258 e. The van der Waals surface area contributed by atoms with E-state index >= 15 is 0 Å². The number of H-pyrrole nitrogens is 1. The van der Waals surface area contributed by atoms with Gasteiger partial charge in [-0.25, -0.2) is 4.98 Å². The third-order valence-electron chi connectivity index (χ3n) is 3.13. The molecule has 2 N–H and O–H groups in total. The van der Waals surface area contributed by atoms with Gasteiger partial charge in [-0.05, 0) is 36.8 Å². The lowest BCUT2D eigenvalue weighted by Crippen LogP contribution is -2.14. The summed E-state index contributed by atoms with van der Waals surface area (Å²) in [5.74, 6) is 0.276. The maximum absolute atomic E-state index is 12.3. The zero-order valence-corrected chi connectivity index (χ0v) is 12.4. The van der Waals surface area contributed by atoms with E-state index in [0.29, 0.717) is 11.5 Å². The molecule has 0 unspecified atom stereocenters. The summed E-state index contributed by atoms with van der Waals surface area (Å²) in [6, 6.07) is 13.2. The molecule has 100 valence electrons. The van der Waals surface area contributed by atoms with Gasteiger partial charge in [-0.15, -0.1) is 0 Å². The molecule has 0 aliphatic rings. The van der Waals surface area contributed by atoms with Crippen LogP contribution in [-0.4, -0.2) is 15.9 Å². The molecule has 0 spiro atoms. The summed E-state index contributed by atoms with van der Waals surface area (Å²) < 4.78 is 0.912. The lowest BCUT2D eigenvalue weighted by atomic mass is 10.1. The fourth-order valence-corrected chi connectivity index (χ4v) is 2.41. The number of halogens is 1. The number of rotatable bonds is 2. The number of amides is 1. The Labute approximate surface area is 124 Å². The van der Waals surface area contributed by atoms with Crippen LogP contribution in [0.25, 0.3) is 11.0 Å². The highest BCUT2D eigenvalue weighted by Crippen LogP contribution is 2.20. The van der Waals surface area contributed by atoms with Crippen molar-refractivity contribution in [2.45, 2.75) is 6.92 Å². The van der Waals surface area contributed by atoms with Crippen molar-refractivity contribution in [1.29, 1.82) is 0 Å². The van der Waals surface area contributed by atoms with Gasteiger partial charge in [-0.3, -0.25) is 10.1 Å². The molecular weight excluding hydrogens is 318 g/mol. The van der Waals surface area contributed by atoms with E-state index in [4.69, 9.17) is 0 Å². The van der Waals surface area contributed by atoms with Gasteiger partial charge in [0.1, 0.15) is 0 Å². The van der Waals surface area contributed by atoms with Gasteiger partial charge in [0.15, 0.2) is 0 Å². The molecule has 0 aliphatic heterocycles. The highest BCUT2D eigenvalue weighted by atomic mass is 79.9. The molecule has 20 heavy (non-hydrogen) atoms. The number of nitrogens with one attached hydrogen (secondary N) is 2. The average Bonchev–Trinajstić information content (AvgIpc) is 2.83. The number of benzene rings is 2. The second-order valence-corrected chi connectivity index (χ2v) is 5.32. The predicted molar refractivity (Wildman–Crippen MR) is 82.9 cm³/mol. The van der Waals surface area contributed by atoms with Crippen molar-refractivity contribution in [3.05, 3.63) is 58.1 Å². The van der Waals surface area contributed by atoms with Gasteiger partial charge >= 0.3 is 0 Å². The molecule has 3 rings (SSSR count). The van der Waals surface area contributed by atoms with Gasteiger partial charge in [0.2, 0.25) is 5.95 Å². The minimum atomic E-state index is -0.178. The van der Waals surface area contributed by atoms with Crippen LogP contribution in [0.4, 0.5) is 5.95 Å². The third-order valence-corrected chi connectivity index (χ3v) is 3.99. The van der Waals surface area contributed by atoms with E-state index in [1.807, 2.05) is 43.3 Å². The van der Waals surface area contributed by atoms with Crippen LogP contribution in [0.3, 0.4) is 0 Å². The molecule has 0 fully saturated rings. The highest BCUT2D eigenvalue weighted by molar-refractivity contribution is 9.10. The zero-order chi connectivity index (χ0) is 14.1. The summed E-state index contributed by atoms with van der Waals surface area (Å²) in [6.07, 6.45) is 0. The SMILES string of the molecule is Cc1c(Br)cccc1C(=O)Nc1nc2ccccc2[nH]1. The van der Waals surface area contributed by atoms with Gasteiger partial charge in [0.05, 0.1) is 11.0 Å². The molecule has 0 atom stereocenters. The molecule has 0 bridgehead atoms. The van der Waals surface area contributed by atoms with Crippen LogP contribution in [0.2, 0.25) is 0 Å². The summed E-state index contributed by atoms with van der Waals surface area (Å²) >= 11 is 3.42. The van der Waals surface area contributed by atoms with Crippen molar-refractivity contribution < 1.29 is 4.79 Å². The Morgan fingerprint density at radius 3 is 2.80 bits per heavy atom. The Morgan fingerprint density at radius 2 is 2.00 bits per heavy atom. The first-order valence-electron chi connectivity index (χ1n) is 6.16. The number of fused-ring (bicyclic) bond motifs is 1. The molecule has 1 aromatic heterocycles. The Balaban J connectivity index is 1.90. The number of carbonyl (C=O) groups is 1. The molecule has 5 heteroatoms. The maximum atomic E-state index is 12.3. The number of anilines is 1. The number of carbonyl (C=O) groups excluding carboxylic acids is 1. The van der Waals surface area contributed by atoms with Crippen molar-refractivity contribution in [2.75, 3.05) is 5.32 Å². The van der Waals surface area contributed by atoms with Crippen molar-refractivity contribution in [3.8, 4) is 0 Å². The van der Waals surface area contributed by atoms with Crippen LogP contribution in [0, 0.1) is 6.92 Å². The Hall–Kier alpha value is -2.14. The fraction of sp³-hybridized carbons (Fsp3) is 0.0667. The van der Waals surface area contributed by atoms with E-state index in [-0.39, 0.29) is 5.91 Å². The number of aromatic amines is 1. The van der Waals surface area contributed by atoms with E-state index < -0.39 is 0 Å².